The summed E-state index contributed by atoms with van der Waals surface area (Å²) in [6.07, 6.45) is 7.24. The van der Waals surface area contributed by atoms with E-state index in [1.165, 1.54) is 32.1 Å². The minimum atomic E-state index is 0.634. The van der Waals surface area contributed by atoms with Crippen LogP contribution in [0.4, 0.5) is 0 Å². The van der Waals surface area contributed by atoms with Crippen molar-refractivity contribution in [2.75, 3.05) is 13.1 Å². The van der Waals surface area contributed by atoms with Crippen molar-refractivity contribution in [3.63, 3.8) is 0 Å². The molecule has 0 spiro atoms. The monoisotopic (exact) mass is 168 g/mol. The van der Waals surface area contributed by atoms with Crippen molar-refractivity contribution in [1.29, 1.82) is 5.26 Å². The van der Waals surface area contributed by atoms with Gasteiger partial charge in [-0.3, -0.25) is 0 Å². The third-order valence-corrected chi connectivity index (χ3v) is 1.87. The first kappa shape index (κ1) is 11.4. The second-order valence-corrected chi connectivity index (χ2v) is 3.07. The lowest BCUT2D eigenvalue weighted by Gasteiger charge is -2.01. The maximum atomic E-state index is 8.25. The lowest BCUT2D eigenvalue weighted by atomic mass is 10.1. The highest BCUT2D eigenvalue weighted by Gasteiger charge is 1.88. The van der Waals surface area contributed by atoms with Gasteiger partial charge in [-0.25, -0.2) is 0 Å². The molecule has 0 aromatic carbocycles. The number of rotatable bonds is 8. The molecule has 0 aromatic rings. The summed E-state index contributed by atoms with van der Waals surface area (Å²) < 4.78 is 0. The molecule has 0 saturated carbocycles. The molecule has 0 aliphatic rings. The Hall–Kier alpha value is -0.550. The standard InChI is InChI=1S/C10H20N2/c1-2-3-4-5-6-9-12-10-7-8-11/h12H,2-7,9-10H2,1H3. The van der Waals surface area contributed by atoms with Gasteiger partial charge in [-0.05, 0) is 13.0 Å². The van der Waals surface area contributed by atoms with Gasteiger partial charge in [0.15, 0.2) is 0 Å². The van der Waals surface area contributed by atoms with Crippen LogP contribution in [-0.2, 0) is 0 Å². The van der Waals surface area contributed by atoms with E-state index in [1.54, 1.807) is 0 Å². The molecule has 0 unspecified atom stereocenters. The molecule has 0 bridgehead atoms. The average Bonchev–Trinajstić information content (AvgIpc) is 2.10. The molecular formula is C10H20N2. The first-order chi connectivity index (χ1) is 5.91. The summed E-state index contributed by atoms with van der Waals surface area (Å²) in [4.78, 5) is 0. The van der Waals surface area contributed by atoms with Gasteiger partial charge in [0.25, 0.3) is 0 Å². The van der Waals surface area contributed by atoms with E-state index in [1.807, 2.05) is 0 Å². The summed E-state index contributed by atoms with van der Waals surface area (Å²) in [6, 6.07) is 2.12. The van der Waals surface area contributed by atoms with Crippen LogP contribution in [0.5, 0.6) is 0 Å². The van der Waals surface area contributed by atoms with E-state index < -0.39 is 0 Å². The second kappa shape index (κ2) is 10.4. The van der Waals surface area contributed by atoms with Gasteiger partial charge < -0.3 is 5.32 Å². The van der Waals surface area contributed by atoms with E-state index in [2.05, 4.69) is 18.3 Å². The van der Waals surface area contributed by atoms with Gasteiger partial charge in [0, 0.05) is 13.0 Å². The minimum absolute atomic E-state index is 0.634. The average molecular weight is 168 g/mol. The second-order valence-electron chi connectivity index (χ2n) is 3.07. The van der Waals surface area contributed by atoms with Crippen molar-refractivity contribution in [3.8, 4) is 6.07 Å². The molecule has 0 atom stereocenters. The third-order valence-electron chi connectivity index (χ3n) is 1.87. The van der Waals surface area contributed by atoms with E-state index in [0.717, 1.165) is 13.1 Å². The summed E-state index contributed by atoms with van der Waals surface area (Å²) in [6.45, 7) is 4.15. The van der Waals surface area contributed by atoms with Crippen molar-refractivity contribution in [1.82, 2.24) is 5.32 Å². The van der Waals surface area contributed by atoms with Gasteiger partial charge >= 0.3 is 0 Å². The molecule has 70 valence electrons. The highest BCUT2D eigenvalue weighted by atomic mass is 14.8. The van der Waals surface area contributed by atoms with Crippen LogP contribution in [0.1, 0.15) is 45.4 Å². The maximum Gasteiger partial charge on any atom is 0.0635 e. The zero-order valence-corrected chi connectivity index (χ0v) is 8.10. The minimum Gasteiger partial charge on any atom is -0.316 e. The largest absolute Gasteiger partial charge is 0.316 e. The molecule has 1 N–H and O–H groups in total. The normalized spacial score (nSPS) is 9.67. The number of unbranched alkanes of at least 4 members (excludes halogenated alkanes) is 4. The van der Waals surface area contributed by atoms with E-state index in [-0.39, 0.29) is 0 Å². The Morgan fingerprint density at radius 2 is 1.83 bits per heavy atom. The van der Waals surface area contributed by atoms with Crippen LogP contribution < -0.4 is 5.32 Å². The Morgan fingerprint density at radius 1 is 1.08 bits per heavy atom. The fourth-order valence-corrected chi connectivity index (χ4v) is 1.12. The summed E-state index contributed by atoms with van der Waals surface area (Å²) in [5.41, 5.74) is 0. The smallest absolute Gasteiger partial charge is 0.0635 e. The van der Waals surface area contributed by atoms with Gasteiger partial charge in [0.1, 0.15) is 0 Å². The molecule has 0 saturated heterocycles. The maximum absolute atomic E-state index is 8.25. The van der Waals surface area contributed by atoms with E-state index >= 15 is 0 Å². The fraction of sp³-hybridized carbons (Fsp3) is 0.900. The summed E-state index contributed by atoms with van der Waals surface area (Å²) in [5.74, 6) is 0. The predicted molar refractivity (Wildman–Crippen MR) is 51.9 cm³/mol. The lowest BCUT2D eigenvalue weighted by molar-refractivity contribution is 0.587. The van der Waals surface area contributed by atoms with Gasteiger partial charge in [-0.15, -0.1) is 0 Å². The van der Waals surface area contributed by atoms with Crippen molar-refractivity contribution in [2.24, 2.45) is 0 Å². The number of nitriles is 1. The fourth-order valence-electron chi connectivity index (χ4n) is 1.12. The Labute approximate surface area is 76.0 Å². The zero-order valence-electron chi connectivity index (χ0n) is 8.10. The SMILES string of the molecule is CCCCCCCNCCC#N. The van der Waals surface area contributed by atoms with Gasteiger partial charge in [0.05, 0.1) is 6.07 Å². The third kappa shape index (κ3) is 9.45. The molecule has 2 heteroatoms. The quantitative estimate of drug-likeness (QED) is 0.565. The van der Waals surface area contributed by atoms with Crippen molar-refractivity contribution >= 4 is 0 Å². The van der Waals surface area contributed by atoms with Crippen molar-refractivity contribution < 1.29 is 0 Å². The van der Waals surface area contributed by atoms with Crippen LogP contribution in [0.2, 0.25) is 0 Å². The molecule has 0 rings (SSSR count). The van der Waals surface area contributed by atoms with E-state index in [0.29, 0.717) is 6.42 Å². The number of hydrogen-bond acceptors (Lipinski definition) is 2. The molecule has 0 heterocycles. The van der Waals surface area contributed by atoms with Crippen LogP contribution in [0, 0.1) is 11.3 Å². The first-order valence-electron chi connectivity index (χ1n) is 4.99. The Balaban J connectivity index is 2.78. The molecule has 0 fully saturated rings. The zero-order chi connectivity index (χ0) is 9.07. The highest BCUT2D eigenvalue weighted by molar-refractivity contribution is 4.69. The van der Waals surface area contributed by atoms with Crippen LogP contribution in [0.25, 0.3) is 0 Å². The van der Waals surface area contributed by atoms with E-state index in [9.17, 15) is 0 Å². The Kier molecular flexibility index (Phi) is 9.97. The number of nitrogens with zero attached hydrogens (tertiary/aromatic N) is 1. The lowest BCUT2D eigenvalue weighted by Crippen LogP contribution is -2.15. The Morgan fingerprint density at radius 3 is 2.50 bits per heavy atom. The van der Waals surface area contributed by atoms with Crippen LogP contribution in [0.3, 0.4) is 0 Å². The predicted octanol–water partition coefficient (Wildman–Crippen LogP) is 2.46. The number of hydrogen-bond donors (Lipinski definition) is 1. The molecule has 0 aromatic heterocycles. The van der Waals surface area contributed by atoms with Crippen LogP contribution in [-0.4, -0.2) is 13.1 Å². The van der Waals surface area contributed by atoms with E-state index in [4.69, 9.17) is 5.26 Å². The first-order valence-corrected chi connectivity index (χ1v) is 4.99. The molecule has 2 nitrogen and oxygen atoms in total. The summed E-state index contributed by atoms with van der Waals surface area (Å²) in [7, 11) is 0. The van der Waals surface area contributed by atoms with Gasteiger partial charge in [0.2, 0.25) is 0 Å². The highest BCUT2D eigenvalue weighted by Crippen LogP contribution is 2.00. The molecule has 0 aliphatic heterocycles. The molecule has 0 aliphatic carbocycles. The number of nitrogens with one attached hydrogen (secondary N) is 1. The molecule has 12 heavy (non-hydrogen) atoms. The molecular weight excluding hydrogens is 148 g/mol. The van der Waals surface area contributed by atoms with Gasteiger partial charge in [-0.2, -0.15) is 5.26 Å². The van der Waals surface area contributed by atoms with Gasteiger partial charge in [-0.1, -0.05) is 32.6 Å². The summed E-state index contributed by atoms with van der Waals surface area (Å²) in [5, 5.41) is 11.5. The van der Waals surface area contributed by atoms with Crippen molar-refractivity contribution in [2.45, 2.75) is 45.4 Å². The van der Waals surface area contributed by atoms with Crippen LogP contribution in [0.15, 0.2) is 0 Å². The summed E-state index contributed by atoms with van der Waals surface area (Å²) >= 11 is 0. The Bertz CT molecular complexity index is 115. The topological polar surface area (TPSA) is 35.8 Å². The molecule has 0 amide bonds. The van der Waals surface area contributed by atoms with Crippen LogP contribution >= 0.6 is 0 Å². The van der Waals surface area contributed by atoms with Crippen molar-refractivity contribution in [3.05, 3.63) is 0 Å². The molecule has 0 radical (unpaired) electrons.